The molecule has 0 radical (unpaired) electrons. The Morgan fingerprint density at radius 1 is 1.48 bits per heavy atom. The normalized spacial score (nSPS) is 18.7. The van der Waals surface area contributed by atoms with Crippen LogP contribution in [0.25, 0.3) is 0 Å². The highest BCUT2D eigenvalue weighted by molar-refractivity contribution is 5.68. The molecule has 1 aromatic carbocycles. The lowest BCUT2D eigenvalue weighted by molar-refractivity contribution is 0.0699. The van der Waals surface area contributed by atoms with E-state index in [0.29, 0.717) is 25.2 Å². The molecule has 0 saturated carbocycles. The van der Waals surface area contributed by atoms with Crippen LogP contribution >= 0.6 is 0 Å². The van der Waals surface area contributed by atoms with Crippen molar-refractivity contribution >= 4 is 6.09 Å². The van der Waals surface area contributed by atoms with E-state index in [-0.39, 0.29) is 11.6 Å². The van der Waals surface area contributed by atoms with Crippen LogP contribution in [-0.4, -0.2) is 36.7 Å². The summed E-state index contributed by atoms with van der Waals surface area (Å²) in [7, 11) is 0. The fourth-order valence-electron chi connectivity index (χ4n) is 2.43. The lowest BCUT2D eigenvalue weighted by atomic mass is 10.1. The smallest absolute Gasteiger partial charge is 0.410 e. The van der Waals surface area contributed by atoms with Gasteiger partial charge in [-0.2, -0.15) is 0 Å². The van der Waals surface area contributed by atoms with Crippen LogP contribution in [0.2, 0.25) is 0 Å². The zero-order valence-electron chi connectivity index (χ0n) is 12.3. The number of carbonyl (C=O) groups is 1. The number of nitrogens with one attached hydrogen (secondary N) is 1. The second kappa shape index (κ2) is 6.85. The van der Waals surface area contributed by atoms with Gasteiger partial charge in [0.2, 0.25) is 0 Å². The molecule has 1 unspecified atom stereocenters. The Bertz CT molecular complexity index is 523. The third kappa shape index (κ3) is 3.50. The molecule has 1 aromatic rings. The van der Waals surface area contributed by atoms with Crippen LogP contribution < -0.4 is 5.32 Å². The lowest BCUT2D eigenvalue weighted by Crippen LogP contribution is -2.53. The molecular weight excluding hydrogens is 278 g/mol. The molecule has 1 fully saturated rings. The van der Waals surface area contributed by atoms with Crippen LogP contribution in [0.5, 0.6) is 0 Å². The van der Waals surface area contributed by atoms with E-state index >= 15 is 0 Å². The number of nitrogens with zero attached hydrogens (tertiary/aromatic N) is 1. The van der Waals surface area contributed by atoms with Crippen molar-refractivity contribution in [1.82, 2.24) is 10.2 Å². The van der Waals surface area contributed by atoms with Crippen molar-refractivity contribution in [2.45, 2.75) is 32.9 Å². The highest BCUT2D eigenvalue weighted by Crippen LogP contribution is 2.18. The summed E-state index contributed by atoms with van der Waals surface area (Å²) in [6.07, 6.45) is 0.276. The van der Waals surface area contributed by atoms with E-state index in [1.165, 1.54) is 12.1 Å². The number of hydrogen-bond acceptors (Lipinski definition) is 3. The van der Waals surface area contributed by atoms with E-state index in [9.17, 15) is 13.6 Å². The highest BCUT2D eigenvalue weighted by atomic mass is 19.1. The maximum atomic E-state index is 13.8. The van der Waals surface area contributed by atoms with Crippen molar-refractivity contribution < 1.29 is 18.3 Å². The number of ether oxygens (including phenoxy) is 1. The molecule has 4 nitrogen and oxygen atoms in total. The predicted octanol–water partition coefficient (Wildman–Crippen LogP) is 2.59. The highest BCUT2D eigenvalue weighted by Gasteiger charge is 2.26. The van der Waals surface area contributed by atoms with E-state index in [1.807, 2.05) is 6.92 Å². The molecule has 1 amide bonds. The van der Waals surface area contributed by atoms with Crippen LogP contribution in [0.3, 0.4) is 0 Å². The molecular formula is C15H20F2N2O2. The Morgan fingerprint density at radius 3 is 2.95 bits per heavy atom. The van der Waals surface area contributed by atoms with Crippen molar-refractivity contribution in [2.75, 3.05) is 19.6 Å². The summed E-state index contributed by atoms with van der Waals surface area (Å²) < 4.78 is 32.5. The van der Waals surface area contributed by atoms with Gasteiger partial charge in [0.25, 0.3) is 0 Å². The third-order valence-corrected chi connectivity index (χ3v) is 3.78. The van der Waals surface area contributed by atoms with E-state index in [2.05, 4.69) is 5.32 Å². The van der Waals surface area contributed by atoms with Crippen LogP contribution in [0.4, 0.5) is 13.6 Å². The molecule has 1 N–H and O–H groups in total. The van der Waals surface area contributed by atoms with E-state index in [1.54, 1.807) is 11.8 Å². The van der Waals surface area contributed by atoms with Gasteiger partial charge in [-0.05, 0) is 25.0 Å². The minimum Gasteiger partial charge on any atom is -0.444 e. The summed E-state index contributed by atoms with van der Waals surface area (Å²) in [6, 6.07) is 2.60. The van der Waals surface area contributed by atoms with Crippen LogP contribution in [0.1, 0.15) is 24.5 Å². The van der Waals surface area contributed by atoms with Crippen LogP contribution in [0.15, 0.2) is 12.1 Å². The van der Waals surface area contributed by atoms with Crippen molar-refractivity contribution in [3.8, 4) is 0 Å². The number of piperazine rings is 1. The number of benzene rings is 1. The number of rotatable bonds is 3. The first-order valence-electron chi connectivity index (χ1n) is 7.12. The zero-order chi connectivity index (χ0) is 15.4. The molecule has 2 rings (SSSR count). The molecule has 1 atom stereocenters. The monoisotopic (exact) mass is 298 g/mol. The molecule has 1 aliphatic heterocycles. The van der Waals surface area contributed by atoms with Gasteiger partial charge in [0.1, 0.15) is 18.2 Å². The van der Waals surface area contributed by atoms with Gasteiger partial charge in [0.05, 0.1) is 5.56 Å². The van der Waals surface area contributed by atoms with Crippen molar-refractivity contribution in [3.05, 3.63) is 34.9 Å². The number of halogens is 2. The molecule has 116 valence electrons. The summed E-state index contributed by atoms with van der Waals surface area (Å²) in [6.45, 7) is 5.08. The Hall–Kier alpha value is -1.69. The van der Waals surface area contributed by atoms with E-state index in [4.69, 9.17) is 4.74 Å². The van der Waals surface area contributed by atoms with E-state index < -0.39 is 24.3 Å². The standard InChI is InChI=1S/C15H20F2N2O2/c1-3-11-8-18-6-7-19(11)15(20)21-9-12-13(16)5-4-10(2)14(12)17/h4-5,11,18H,3,6-9H2,1-2H3. The second-order valence-electron chi connectivity index (χ2n) is 5.17. The van der Waals surface area contributed by atoms with Gasteiger partial charge in [-0.1, -0.05) is 13.0 Å². The molecule has 1 saturated heterocycles. The van der Waals surface area contributed by atoms with Crippen molar-refractivity contribution in [3.63, 3.8) is 0 Å². The van der Waals surface area contributed by atoms with Gasteiger partial charge < -0.3 is 15.0 Å². The fourth-order valence-corrected chi connectivity index (χ4v) is 2.43. The van der Waals surface area contributed by atoms with Gasteiger partial charge in [0, 0.05) is 25.7 Å². The van der Waals surface area contributed by atoms with E-state index in [0.717, 1.165) is 6.42 Å². The summed E-state index contributed by atoms with van der Waals surface area (Å²) in [5.74, 6) is -1.35. The summed E-state index contributed by atoms with van der Waals surface area (Å²) in [4.78, 5) is 13.7. The Kier molecular flexibility index (Phi) is 5.12. The topological polar surface area (TPSA) is 41.6 Å². The van der Waals surface area contributed by atoms with Crippen LogP contribution in [0, 0.1) is 18.6 Å². The largest absolute Gasteiger partial charge is 0.444 e. The Labute approximate surface area is 123 Å². The molecule has 1 heterocycles. The molecule has 0 spiro atoms. The van der Waals surface area contributed by atoms with Gasteiger partial charge >= 0.3 is 6.09 Å². The SMILES string of the molecule is CCC1CNCCN1C(=O)OCc1c(F)ccc(C)c1F. The van der Waals surface area contributed by atoms with Crippen LogP contribution in [-0.2, 0) is 11.3 Å². The molecule has 21 heavy (non-hydrogen) atoms. The first-order chi connectivity index (χ1) is 10.0. The number of amides is 1. The zero-order valence-corrected chi connectivity index (χ0v) is 12.3. The predicted molar refractivity (Wildman–Crippen MR) is 74.9 cm³/mol. The minimum absolute atomic E-state index is 0.0541. The Balaban J connectivity index is 2.02. The maximum Gasteiger partial charge on any atom is 0.410 e. The lowest BCUT2D eigenvalue weighted by Gasteiger charge is -2.34. The fraction of sp³-hybridized carbons (Fsp3) is 0.533. The molecule has 6 heteroatoms. The second-order valence-corrected chi connectivity index (χ2v) is 5.17. The molecule has 0 aromatic heterocycles. The first kappa shape index (κ1) is 15.7. The molecule has 1 aliphatic rings. The number of hydrogen-bond donors (Lipinski definition) is 1. The van der Waals surface area contributed by atoms with Gasteiger partial charge in [-0.15, -0.1) is 0 Å². The molecule has 0 bridgehead atoms. The first-order valence-corrected chi connectivity index (χ1v) is 7.12. The summed E-state index contributed by atoms with van der Waals surface area (Å²) in [5.41, 5.74) is 0.127. The number of carbonyl (C=O) groups excluding carboxylic acids is 1. The van der Waals surface area contributed by atoms with Gasteiger partial charge in [-0.25, -0.2) is 13.6 Å². The van der Waals surface area contributed by atoms with Gasteiger partial charge in [-0.3, -0.25) is 0 Å². The third-order valence-electron chi connectivity index (χ3n) is 3.78. The van der Waals surface area contributed by atoms with Crippen molar-refractivity contribution in [1.29, 1.82) is 0 Å². The maximum absolute atomic E-state index is 13.8. The number of aryl methyl sites for hydroxylation is 1. The average Bonchev–Trinajstić information content (AvgIpc) is 2.50. The minimum atomic E-state index is -0.696. The Morgan fingerprint density at radius 2 is 2.24 bits per heavy atom. The summed E-state index contributed by atoms with van der Waals surface area (Å²) >= 11 is 0. The van der Waals surface area contributed by atoms with Gasteiger partial charge in [0.15, 0.2) is 0 Å². The average molecular weight is 298 g/mol. The van der Waals surface area contributed by atoms with Crippen molar-refractivity contribution in [2.24, 2.45) is 0 Å². The summed E-state index contributed by atoms with van der Waals surface area (Å²) in [5, 5.41) is 3.20. The quantitative estimate of drug-likeness (QED) is 0.932. The molecule has 0 aliphatic carbocycles.